The van der Waals surface area contributed by atoms with Gasteiger partial charge in [0.05, 0.1) is 18.7 Å². The van der Waals surface area contributed by atoms with E-state index in [1.807, 2.05) is 18.5 Å². The van der Waals surface area contributed by atoms with Crippen molar-refractivity contribution in [3.8, 4) is 0 Å². The maximum Gasteiger partial charge on any atom is 0.307 e. The average molecular weight is 253 g/mol. The zero-order chi connectivity index (χ0) is 13.7. The van der Waals surface area contributed by atoms with Gasteiger partial charge in [0, 0.05) is 17.8 Å². The highest BCUT2D eigenvalue weighted by Gasteiger charge is 2.14. The fourth-order valence-electron chi connectivity index (χ4n) is 2.13. The van der Waals surface area contributed by atoms with Crippen molar-refractivity contribution >= 4 is 5.97 Å². The molecule has 1 aromatic rings. The van der Waals surface area contributed by atoms with Gasteiger partial charge in [-0.1, -0.05) is 13.8 Å². The highest BCUT2D eigenvalue weighted by atomic mass is 16.4. The molecule has 1 heterocycles. The molecule has 0 radical (unpaired) electrons. The van der Waals surface area contributed by atoms with Crippen LogP contribution < -0.4 is 0 Å². The number of likely N-dealkylation sites (N-methyl/N-ethyl adjacent to an activating group) is 1. The fourth-order valence-corrected chi connectivity index (χ4v) is 2.13. The van der Waals surface area contributed by atoms with Crippen molar-refractivity contribution in [1.82, 2.24) is 14.7 Å². The number of aryl methyl sites for hydroxylation is 1. The second kappa shape index (κ2) is 6.54. The normalized spacial score (nSPS) is 11.2. The molecule has 1 aromatic heterocycles. The third-order valence-electron chi connectivity index (χ3n) is 3.38. The van der Waals surface area contributed by atoms with Crippen LogP contribution >= 0.6 is 0 Å². The van der Waals surface area contributed by atoms with Crippen LogP contribution in [0.5, 0.6) is 0 Å². The summed E-state index contributed by atoms with van der Waals surface area (Å²) in [7, 11) is 0. The highest BCUT2D eigenvalue weighted by molar-refractivity contribution is 5.70. The molecule has 1 N–H and O–H groups in total. The summed E-state index contributed by atoms with van der Waals surface area (Å²) < 4.78 is 1.92. The summed E-state index contributed by atoms with van der Waals surface area (Å²) in [5, 5.41) is 13.3. The van der Waals surface area contributed by atoms with Crippen molar-refractivity contribution in [3.05, 3.63) is 17.0 Å². The molecule has 1 rings (SSSR count). The summed E-state index contributed by atoms with van der Waals surface area (Å²) in [6, 6.07) is 0. The van der Waals surface area contributed by atoms with E-state index in [2.05, 4.69) is 23.8 Å². The van der Waals surface area contributed by atoms with Gasteiger partial charge in [0.1, 0.15) is 0 Å². The van der Waals surface area contributed by atoms with Gasteiger partial charge in [-0.2, -0.15) is 5.10 Å². The van der Waals surface area contributed by atoms with E-state index < -0.39 is 5.97 Å². The molecule has 0 saturated carbocycles. The Bertz CT molecular complexity index is 409. The van der Waals surface area contributed by atoms with Gasteiger partial charge < -0.3 is 10.0 Å². The monoisotopic (exact) mass is 253 g/mol. The number of rotatable bonds is 7. The number of hydrogen-bond acceptors (Lipinski definition) is 3. The first-order valence-electron chi connectivity index (χ1n) is 6.46. The Balaban J connectivity index is 2.75. The number of aromatic nitrogens is 2. The standard InChI is InChI=1S/C13H23N3O2/c1-5-15(6-2)7-8-16-11(4)12(9-13(17)18)10(3)14-16/h5-9H2,1-4H3,(H,17,18). The van der Waals surface area contributed by atoms with Gasteiger partial charge in [0.15, 0.2) is 0 Å². The Labute approximate surface area is 108 Å². The smallest absolute Gasteiger partial charge is 0.307 e. The molecule has 0 atom stereocenters. The van der Waals surface area contributed by atoms with Gasteiger partial charge in [0.25, 0.3) is 0 Å². The molecule has 0 unspecified atom stereocenters. The Hall–Kier alpha value is -1.36. The Morgan fingerprint density at radius 2 is 1.94 bits per heavy atom. The highest BCUT2D eigenvalue weighted by Crippen LogP contribution is 2.13. The molecule has 5 nitrogen and oxygen atoms in total. The Morgan fingerprint density at radius 1 is 1.33 bits per heavy atom. The molecule has 0 amide bonds. The molecular formula is C13H23N3O2. The van der Waals surface area contributed by atoms with Crippen LogP contribution in [0.1, 0.15) is 30.8 Å². The summed E-state index contributed by atoms with van der Waals surface area (Å²) in [4.78, 5) is 13.1. The lowest BCUT2D eigenvalue weighted by Crippen LogP contribution is -2.27. The summed E-state index contributed by atoms with van der Waals surface area (Å²) >= 11 is 0. The van der Waals surface area contributed by atoms with Crippen LogP contribution in [0.25, 0.3) is 0 Å². The Kier molecular flexibility index (Phi) is 5.34. The molecule has 102 valence electrons. The van der Waals surface area contributed by atoms with E-state index in [1.54, 1.807) is 0 Å². The van der Waals surface area contributed by atoms with Crippen molar-refractivity contribution in [2.45, 2.75) is 40.7 Å². The summed E-state index contributed by atoms with van der Waals surface area (Å²) in [6.45, 7) is 11.9. The minimum atomic E-state index is -0.801. The average Bonchev–Trinajstić information content (AvgIpc) is 2.58. The van der Waals surface area contributed by atoms with E-state index in [0.29, 0.717) is 0 Å². The van der Waals surface area contributed by atoms with E-state index in [9.17, 15) is 4.79 Å². The molecule has 0 saturated heterocycles. The van der Waals surface area contributed by atoms with Crippen molar-refractivity contribution in [2.75, 3.05) is 19.6 Å². The lowest BCUT2D eigenvalue weighted by Gasteiger charge is -2.18. The Morgan fingerprint density at radius 3 is 2.44 bits per heavy atom. The molecule has 18 heavy (non-hydrogen) atoms. The number of nitrogens with zero attached hydrogens (tertiary/aromatic N) is 3. The van der Waals surface area contributed by atoms with Gasteiger partial charge in [-0.25, -0.2) is 0 Å². The van der Waals surface area contributed by atoms with Gasteiger partial charge in [-0.05, 0) is 26.9 Å². The molecule has 0 spiro atoms. The molecule has 0 aliphatic carbocycles. The topological polar surface area (TPSA) is 58.4 Å². The lowest BCUT2D eigenvalue weighted by atomic mass is 10.1. The maximum absolute atomic E-state index is 10.8. The molecular weight excluding hydrogens is 230 g/mol. The molecule has 0 bridgehead atoms. The van der Waals surface area contributed by atoms with Crippen molar-refractivity contribution in [1.29, 1.82) is 0 Å². The number of aliphatic carboxylic acids is 1. The van der Waals surface area contributed by atoms with Crippen LogP contribution in [0, 0.1) is 13.8 Å². The van der Waals surface area contributed by atoms with Crippen molar-refractivity contribution < 1.29 is 9.90 Å². The van der Waals surface area contributed by atoms with Crippen LogP contribution in [-0.2, 0) is 17.8 Å². The minimum Gasteiger partial charge on any atom is -0.481 e. The van der Waals surface area contributed by atoms with Crippen molar-refractivity contribution in [2.24, 2.45) is 0 Å². The van der Waals surface area contributed by atoms with E-state index in [4.69, 9.17) is 5.11 Å². The zero-order valence-electron chi connectivity index (χ0n) is 11.7. The minimum absolute atomic E-state index is 0.0585. The molecule has 0 aliphatic rings. The first-order chi connectivity index (χ1) is 8.49. The molecule has 5 heteroatoms. The maximum atomic E-state index is 10.8. The van der Waals surface area contributed by atoms with E-state index in [0.717, 1.165) is 43.1 Å². The summed E-state index contributed by atoms with van der Waals surface area (Å²) in [6.07, 6.45) is 0.0585. The fraction of sp³-hybridized carbons (Fsp3) is 0.692. The van der Waals surface area contributed by atoms with Crippen LogP contribution in [0.4, 0.5) is 0 Å². The van der Waals surface area contributed by atoms with Crippen LogP contribution in [0.2, 0.25) is 0 Å². The number of carboxylic acids is 1. The largest absolute Gasteiger partial charge is 0.481 e. The second-order valence-corrected chi connectivity index (χ2v) is 4.47. The summed E-state index contributed by atoms with van der Waals surface area (Å²) in [5.74, 6) is -0.801. The van der Waals surface area contributed by atoms with E-state index in [1.165, 1.54) is 0 Å². The molecule has 0 aliphatic heterocycles. The first-order valence-corrected chi connectivity index (χ1v) is 6.46. The van der Waals surface area contributed by atoms with Crippen LogP contribution in [0.15, 0.2) is 0 Å². The number of carboxylic acid groups (broad SMARTS) is 1. The second-order valence-electron chi connectivity index (χ2n) is 4.47. The SMILES string of the molecule is CCN(CC)CCn1nc(C)c(CC(=O)O)c1C. The van der Waals surface area contributed by atoms with Gasteiger partial charge in [-0.3, -0.25) is 9.48 Å². The quantitative estimate of drug-likeness (QED) is 0.799. The molecule has 0 fully saturated rings. The van der Waals surface area contributed by atoms with Crippen LogP contribution in [0.3, 0.4) is 0 Å². The first kappa shape index (κ1) is 14.7. The van der Waals surface area contributed by atoms with Gasteiger partial charge in [0.2, 0.25) is 0 Å². The predicted molar refractivity (Wildman–Crippen MR) is 70.8 cm³/mol. The summed E-state index contributed by atoms with van der Waals surface area (Å²) in [5.41, 5.74) is 2.65. The van der Waals surface area contributed by atoms with Crippen LogP contribution in [-0.4, -0.2) is 45.4 Å². The van der Waals surface area contributed by atoms with Gasteiger partial charge >= 0.3 is 5.97 Å². The number of carbonyl (C=O) groups is 1. The van der Waals surface area contributed by atoms with E-state index >= 15 is 0 Å². The predicted octanol–water partition coefficient (Wildman–Crippen LogP) is 1.47. The lowest BCUT2D eigenvalue weighted by molar-refractivity contribution is -0.136. The van der Waals surface area contributed by atoms with Gasteiger partial charge in [-0.15, -0.1) is 0 Å². The zero-order valence-corrected chi connectivity index (χ0v) is 11.7. The molecule has 0 aromatic carbocycles. The number of hydrogen-bond donors (Lipinski definition) is 1. The third kappa shape index (κ3) is 3.57. The van der Waals surface area contributed by atoms with E-state index in [-0.39, 0.29) is 6.42 Å². The van der Waals surface area contributed by atoms with Crippen molar-refractivity contribution in [3.63, 3.8) is 0 Å². The third-order valence-corrected chi connectivity index (χ3v) is 3.38.